The van der Waals surface area contributed by atoms with Gasteiger partial charge in [0.25, 0.3) is 0 Å². The molecule has 1 amide bonds. The van der Waals surface area contributed by atoms with Gasteiger partial charge in [-0.15, -0.1) is 0 Å². The van der Waals surface area contributed by atoms with Crippen LogP contribution in [0.1, 0.15) is 17.5 Å². The van der Waals surface area contributed by atoms with Gasteiger partial charge in [-0.05, 0) is 52.5 Å². The Morgan fingerprint density at radius 2 is 2.15 bits per heavy atom. The van der Waals surface area contributed by atoms with Crippen LogP contribution in [0.2, 0.25) is 0 Å². The first kappa shape index (κ1) is 14.5. The molecule has 0 atom stereocenters. The van der Waals surface area contributed by atoms with Crippen molar-refractivity contribution in [3.8, 4) is 0 Å². The summed E-state index contributed by atoms with van der Waals surface area (Å²) in [6, 6.07) is 9.50. The molecule has 4 nitrogen and oxygen atoms in total. The van der Waals surface area contributed by atoms with Gasteiger partial charge in [-0.3, -0.25) is 4.79 Å². The van der Waals surface area contributed by atoms with E-state index in [2.05, 4.69) is 26.2 Å². The molecule has 0 aliphatic heterocycles. The van der Waals surface area contributed by atoms with Crippen LogP contribution in [0.3, 0.4) is 0 Å². The van der Waals surface area contributed by atoms with Crippen LogP contribution in [0, 0.1) is 6.92 Å². The van der Waals surface area contributed by atoms with E-state index in [-0.39, 0.29) is 5.91 Å². The number of hydrogen-bond acceptors (Lipinski definition) is 3. The van der Waals surface area contributed by atoms with Crippen molar-refractivity contribution in [1.82, 2.24) is 4.98 Å². The molecule has 0 aliphatic carbocycles. The molecule has 0 radical (unpaired) electrons. The van der Waals surface area contributed by atoms with Crippen molar-refractivity contribution in [2.75, 3.05) is 11.1 Å². The molecule has 0 saturated heterocycles. The molecule has 1 aromatic carbocycles. The zero-order valence-corrected chi connectivity index (χ0v) is 12.8. The molecule has 5 heteroatoms. The zero-order chi connectivity index (χ0) is 14.5. The second-order valence-electron chi connectivity index (χ2n) is 4.57. The van der Waals surface area contributed by atoms with E-state index < -0.39 is 0 Å². The highest BCUT2D eigenvalue weighted by molar-refractivity contribution is 9.10. The summed E-state index contributed by atoms with van der Waals surface area (Å²) in [5.41, 5.74) is 8.48. The van der Waals surface area contributed by atoms with Crippen LogP contribution in [-0.4, -0.2) is 10.9 Å². The second kappa shape index (κ2) is 6.52. The van der Waals surface area contributed by atoms with Gasteiger partial charge in [0, 0.05) is 22.8 Å². The summed E-state index contributed by atoms with van der Waals surface area (Å²) >= 11 is 3.34. The number of nitrogens with zero attached hydrogens (tertiary/aromatic N) is 1. The van der Waals surface area contributed by atoms with Crippen molar-refractivity contribution in [3.05, 3.63) is 52.1 Å². The topological polar surface area (TPSA) is 68.0 Å². The lowest BCUT2D eigenvalue weighted by Gasteiger charge is -2.08. The summed E-state index contributed by atoms with van der Waals surface area (Å²) in [5, 5.41) is 2.82. The monoisotopic (exact) mass is 333 g/mol. The van der Waals surface area contributed by atoms with Gasteiger partial charge in [-0.1, -0.05) is 18.2 Å². The van der Waals surface area contributed by atoms with Crippen LogP contribution in [0.15, 0.2) is 41.0 Å². The molecule has 0 spiro atoms. The van der Waals surface area contributed by atoms with Gasteiger partial charge < -0.3 is 11.1 Å². The fourth-order valence-electron chi connectivity index (χ4n) is 1.88. The van der Waals surface area contributed by atoms with Crippen molar-refractivity contribution < 1.29 is 4.79 Å². The fraction of sp³-hybridized carbons (Fsp3) is 0.200. The first-order valence-corrected chi connectivity index (χ1v) is 7.11. The lowest BCUT2D eigenvalue weighted by Crippen LogP contribution is -2.14. The number of amides is 1. The van der Waals surface area contributed by atoms with Crippen LogP contribution in [-0.2, 0) is 11.2 Å². The predicted octanol–water partition coefficient (Wildman–Crippen LogP) is 3.31. The lowest BCUT2D eigenvalue weighted by molar-refractivity contribution is -0.116. The summed E-state index contributed by atoms with van der Waals surface area (Å²) in [7, 11) is 0. The van der Waals surface area contributed by atoms with Gasteiger partial charge in [0.1, 0.15) is 5.82 Å². The molecule has 0 bridgehead atoms. The molecule has 0 saturated carbocycles. The molecule has 0 fully saturated rings. The summed E-state index contributed by atoms with van der Waals surface area (Å²) in [5.74, 6) is 0.533. The summed E-state index contributed by atoms with van der Waals surface area (Å²) in [6.45, 7) is 1.91. The predicted molar refractivity (Wildman–Crippen MR) is 84.5 cm³/mol. The summed E-state index contributed by atoms with van der Waals surface area (Å²) < 4.78 is 0.894. The van der Waals surface area contributed by atoms with E-state index in [1.807, 2.05) is 37.3 Å². The minimum absolute atomic E-state index is 0.0637. The summed E-state index contributed by atoms with van der Waals surface area (Å²) in [4.78, 5) is 16.1. The molecule has 3 N–H and O–H groups in total. The first-order chi connectivity index (χ1) is 9.56. The number of aromatic nitrogens is 1. The number of hydrogen-bond donors (Lipinski definition) is 2. The van der Waals surface area contributed by atoms with Crippen LogP contribution < -0.4 is 11.1 Å². The van der Waals surface area contributed by atoms with Gasteiger partial charge in [0.05, 0.1) is 0 Å². The van der Waals surface area contributed by atoms with Gasteiger partial charge >= 0.3 is 0 Å². The van der Waals surface area contributed by atoms with E-state index in [4.69, 9.17) is 5.73 Å². The molecule has 104 valence electrons. The number of carbonyl (C=O) groups is 1. The molecule has 1 aromatic heterocycles. The third kappa shape index (κ3) is 3.81. The van der Waals surface area contributed by atoms with E-state index in [0.29, 0.717) is 18.7 Å². The maximum Gasteiger partial charge on any atom is 0.225 e. The van der Waals surface area contributed by atoms with Crippen molar-refractivity contribution in [1.29, 1.82) is 0 Å². The minimum atomic E-state index is -0.0637. The third-order valence-corrected chi connectivity index (χ3v) is 3.41. The molecule has 1 heterocycles. The normalized spacial score (nSPS) is 10.3. The molecular formula is C15H16BrN3O. The summed E-state index contributed by atoms with van der Waals surface area (Å²) in [6.07, 6.45) is 2.66. The highest BCUT2D eigenvalue weighted by Gasteiger charge is 2.07. The number of halogens is 1. The largest absolute Gasteiger partial charge is 0.399 e. The Bertz CT molecular complexity index is 628. The Morgan fingerprint density at radius 3 is 2.85 bits per heavy atom. The fourth-order valence-corrected chi connectivity index (χ4v) is 2.32. The Kier molecular flexibility index (Phi) is 4.74. The highest BCUT2D eigenvalue weighted by atomic mass is 79.9. The number of para-hydroxylation sites is 1. The molecule has 2 aromatic rings. The number of pyridine rings is 1. The van der Waals surface area contributed by atoms with Crippen molar-refractivity contribution in [3.63, 3.8) is 0 Å². The Hall–Kier alpha value is -1.88. The van der Waals surface area contributed by atoms with Crippen LogP contribution in [0.25, 0.3) is 0 Å². The number of nitrogen functional groups attached to an aromatic ring is 1. The second-order valence-corrected chi connectivity index (χ2v) is 5.48. The molecule has 2 rings (SSSR count). The number of rotatable bonds is 4. The SMILES string of the molecule is Cc1cc(Br)cnc1NC(=O)CCc1ccccc1N. The van der Waals surface area contributed by atoms with Gasteiger partial charge in [-0.25, -0.2) is 4.98 Å². The van der Waals surface area contributed by atoms with Gasteiger partial charge in [0.2, 0.25) is 5.91 Å². The number of nitrogens with two attached hydrogens (primary N) is 1. The third-order valence-electron chi connectivity index (χ3n) is 2.98. The number of aryl methyl sites for hydroxylation is 2. The molecule has 20 heavy (non-hydrogen) atoms. The average Bonchev–Trinajstić information content (AvgIpc) is 2.41. The Balaban J connectivity index is 1.94. The Morgan fingerprint density at radius 1 is 1.40 bits per heavy atom. The van der Waals surface area contributed by atoms with Crippen LogP contribution in [0.5, 0.6) is 0 Å². The lowest BCUT2D eigenvalue weighted by atomic mass is 10.1. The minimum Gasteiger partial charge on any atom is -0.399 e. The highest BCUT2D eigenvalue weighted by Crippen LogP contribution is 2.17. The quantitative estimate of drug-likeness (QED) is 0.843. The van der Waals surface area contributed by atoms with Crippen LogP contribution in [0.4, 0.5) is 11.5 Å². The number of benzene rings is 1. The van der Waals surface area contributed by atoms with E-state index in [1.54, 1.807) is 6.20 Å². The average molecular weight is 334 g/mol. The zero-order valence-electron chi connectivity index (χ0n) is 11.2. The van der Waals surface area contributed by atoms with E-state index in [9.17, 15) is 4.79 Å². The first-order valence-electron chi connectivity index (χ1n) is 6.31. The van der Waals surface area contributed by atoms with Crippen molar-refractivity contribution >= 4 is 33.3 Å². The standard InChI is InChI=1S/C15H16BrN3O/c1-10-8-12(16)9-18-15(10)19-14(20)7-6-11-4-2-3-5-13(11)17/h2-5,8-9H,6-7,17H2,1H3,(H,18,19,20). The Labute approximate surface area is 126 Å². The number of anilines is 2. The maximum absolute atomic E-state index is 11.9. The van der Waals surface area contributed by atoms with E-state index in [0.717, 1.165) is 21.3 Å². The number of carbonyl (C=O) groups excluding carboxylic acids is 1. The molecule has 0 unspecified atom stereocenters. The van der Waals surface area contributed by atoms with E-state index >= 15 is 0 Å². The molecule has 0 aliphatic rings. The van der Waals surface area contributed by atoms with Crippen LogP contribution >= 0.6 is 15.9 Å². The van der Waals surface area contributed by atoms with Gasteiger partial charge in [0.15, 0.2) is 0 Å². The van der Waals surface area contributed by atoms with Crippen molar-refractivity contribution in [2.45, 2.75) is 19.8 Å². The molecular weight excluding hydrogens is 318 g/mol. The maximum atomic E-state index is 11.9. The smallest absolute Gasteiger partial charge is 0.225 e. The van der Waals surface area contributed by atoms with E-state index in [1.165, 1.54) is 0 Å². The number of nitrogens with one attached hydrogen (secondary N) is 1. The van der Waals surface area contributed by atoms with Crippen molar-refractivity contribution in [2.24, 2.45) is 0 Å². The van der Waals surface area contributed by atoms with Gasteiger partial charge in [-0.2, -0.15) is 0 Å².